The summed E-state index contributed by atoms with van der Waals surface area (Å²) in [6.45, 7) is 1.59. The van der Waals surface area contributed by atoms with Crippen LogP contribution in [0.4, 0.5) is 17.1 Å². The number of hydrogen-bond acceptors (Lipinski definition) is 5. The molecule has 2 aromatic carbocycles. The number of carbonyl (C=O) groups is 2. The first kappa shape index (κ1) is 21.8. The predicted octanol–water partition coefficient (Wildman–Crippen LogP) is 3.91. The maximum absolute atomic E-state index is 12.5. The van der Waals surface area contributed by atoms with Crippen LogP contribution < -0.4 is 10.6 Å². The van der Waals surface area contributed by atoms with Crippen LogP contribution in [0, 0.1) is 10.1 Å². The fourth-order valence-corrected chi connectivity index (χ4v) is 2.82. The third kappa shape index (κ3) is 5.75. The maximum Gasteiger partial charge on any atom is 0.271 e. The lowest BCUT2D eigenvalue weighted by molar-refractivity contribution is -0.384. The first-order valence-corrected chi connectivity index (χ1v) is 9.35. The molecule has 1 unspecified atom stereocenters. The molecule has 0 radical (unpaired) electrons. The van der Waals surface area contributed by atoms with E-state index in [0.717, 1.165) is 4.47 Å². The van der Waals surface area contributed by atoms with E-state index in [-0.39, 0.29) is 28.8 Å². The minimum absolute atomic E-state index is 0.0292. The van der Waals surface area contributed by atoms with Gasteiger partial charge < -0.3 is 10.6 Å². The monoisotopic (exact) mass is 468 g/mol. The second-order valence-corrected chi connectivity index (χ2v) is 7.29. The Kier molecular flexibility index (Phi) is 7.50. The Morgan fingerprint density at radius 2 is 1.89 bits per heavy atom. The number of anilines is 2. The zero-order valence-corrected chi connectivity index (χ0v) is 17.5. The molecular formula is C18H18BrClN4O4. The third-order valence-corrected chi connectivity index (χ3v) is 5.02. The molecule has 0 fully saturated rings. The summed E-state index contributed by atoms with van der Waals surface area (Å²) in [7, 11) is 1.62. The lowest BCUT2D eigenvalue weighted by atomic mass is 10.2. The van der Waals surface area contributed by atoms with Gasteiger partial charge in [0.05, 0.1) is 33.9 Å². The van der Waals surface area contributed by atoms with Crippen LogP contribution in [-0.2, 0) is 9.59 Å². The largest absolute Gasteiger partial charge is 0.324 e. The van der Waals surface area contributed by atoms with Crippen molar-refractivity contribution in [3.8, 4) is 0 Å². The number of hydrogen-bond donors (Lipinski definition) is 2. The average molecular weight is 470 g/mol. The van der Waals surface area contributed by atoms with E-state index in [1.165, 1.54) is 18.2 Å². The molecular weight excluding hydrogens is 452 g/mol. The number of benzene rings is 2. The highest BCUT2D eigenvalue weighted by Crippen LogP contribution is 2.27. The minimum Gasteiger partial charge on any atom is -0.324 e. The topological polar surface area (TPSA) is 105 Å². The number of carbonyl (C=O) groups excluding carboxylic acids is 2. The van der Waals surface area contributed by atoms with Gasteiger partial charge in [0, 0.05) is 16.6 Å². The molecule has 1 atom stereocenters. The molecule has 0 spiro atoms. The fraction of sp³-hybridized carbons (Fsp3) is 0.222. The second kappa shape index (κ2) is 9.63. The first-order chi connectivity index (χ1) is 13.2. The van der Waals surface area contributed by atoms with Crippen molar-refractivity contribution in [1.82, 2.24) is 4.90 Å². The molecule has 10 heteroatoms. The van der Waals surface area contributed by atoms with Crippen molar-refractivity contribution in [1.29, 1.82) is 0 Å². The number of rotatable bonds is 7. The van der Waals surface area contributed by atoms with Crippen LogP contribution in [0.1, 0.15) is 6.92 Å². The molecule has 0 saturated carbocycles. The van der Waals surface area contributed by atoms with Gasteiger partial charge in [-0.1, -0.05) is 23.7 Å². The SMILES string of the molecule is CC(C(=O)Nc1cc([N+](=O)[O-])ccc1Cl)N(C)CC(=O)Nc1ccccc1Br. The average Bonchev–Trinajstić information content (AvgIpc) is 2.64. The minimum atomic E-state index is -0.680. The molecule has 0 aromatic heterocycles. The molecule has 0 aliphatic carbocycles. The lowest BCUT2D eigenvalue weighted by Gasteiger charge is -2.23. The van der Waals surface area contributed by atoms with Crippen LogP contribution in [0.3, 0.4) is 0 Å². The lowest BCUT2D eigenvalue weighted by Crippen LogP contribution is -2.43. The molecule has 0 aliphatic rings. The summed E-state index contributed by atoms with van der Waals surface area (Å²) in [6.07, 6.45) is 0. The van der Waals surface area contributed by atoms with Gasteiger partial charge in [-0.3, -0.25) is 24.6 Å². The number of nitrogens with one attached hydrogen (secondary N) is 2. The Hall–Kier alpha value is -2.49. The van der Waals surface area contributed by atoms with E-state index in [4.69, 9.17) is 11.6 Å². The van der Waals surface area contributed by atoms with E-state index in [1.54, 1.807) is 37.1 Å². The van der Waals surface area contributed by atoms with Crippen molar-refractivity contribution in [3.05, 3.63) is 62.1 Å². The molecule has 0 bridgehead atoms. The molecule has 28 heavy (non-hydrogen) atoms. The van der Waals surface area contributed by atoms with Gasteiger partial charge in [0.25, 0.3) is 5.69 Å². The molecule has 0 saturated heterocycles. The summed E-state index contributed by atoms with van der Waals surface area (Å²) in [5.41, 5.74) is 0.577. The molecule has 2 amide bonds. The number of para-hydroxylation sites is 1. The van der Waals surface area contributed by atoms with Gasteiger partial charge in [-0.2, -0.15) is 0 Å². The van der Waals surface area contributed by atoms with Crippen molar-refractivity contribution < 1.29 is 14.5 Å². The Bertz CT molecular complexity index is 909. The van der Waals surface area contributed by atoms with E-state index in [2.05, 4.69) is 26.6 Å². The van der Waals surface area contributed by atoms with Crippen LogP contribution in [0.15, 0.2) is 46.9 Å². The van der Waals surface area contributed by atoms with E-state index in [1.807, 2.05) is 6.07 Å². The molecule has 0 aliphatic heterocycles. The van der Waals surface area contributed by atoms with E-state index in [9.17, 15) is 19.7 Å². The van der Waals surface area contributed by atoms with Crippen molar-refractivity contribution in [2.24, 2.45) is 0 Å². The summed E-state index contributed by atoms with van der Waals surface area (Å²) >= 11 is 9.35. The summed E-state index contributed by atoms with van der Waals surface area (Å²) in [6, 6.07) is 10.3. The van der Waals surface area contributed by atoms with E-state index >= 15 is 0 Å². The van der Waals surface area contributed by atoms with Crippen molar-refractivity contribution in [3.63, 3.8) is 0 Å². The quantitative estimate of drug-likeness (QED) is 0.472. The first-order valence-electron chi connectivity index (χ1n) is 8.18. The molecule has 2 N–H and O–H groups in total. The van der Waals surface area contributed by atoms with E-state index in [0.29, 0.717) is 5.69 Å². The second-order valence-electron chi connectivity index (χ2n) is 6.03. The predicted molar refractivity (Wildman–Crippen MR) is 112 cm³/mol. The van der Waals surface area contributed by atoms with Crippen LogP contribution in [0.25, 0.3) is 0 Å². The maximum atomic E-state index is 12.5. The molecule has 8 nitrogen and oxygen atoms in total. The Balaban J connectivity index is 1.99. The smallest absolute Gasteiger partial charge is 0.271 e. The number of amides is 2. The molecule has 148 valence electrons. The third-order valence-electron chi connectivity index (χ3n) is 4.00. The Morgan fingerprint density at radius 3 is 2.54 bits per heavy atom. The molecule has 2 rings (SSSR count). The van der Waals surface area contributed by atoms with Gasteiger partial charge in [0.15, 0.2) is 0 Å². The number of likely N-dealkylation sites (N-methyl/N-ethyl adjacent to an activating group) is 1. The highest BCUT2D eigenvalue weighted by molar-refractivity contribution is 9.10. The van der Waals surface area contributed by atoms with Crippen LogP contribution in [0.5, 0.6) is 0 Å². The Morgan fingerprint density at radius 1 is 1.21 bits per heavy atom. The van der Waals surface area contributed by atoms with Gasteiger partial charge in [-0.05, 0) is 48.1 Å². The van der Waals surface area contributed by atoms with Gasteiger partial charge in [-0.15, -0.1) is 0 Å². The van der Waals surface area contributed by atoms with Crippen LogP contribution in [-0.4, -0.2) is 41.3 Å². The standard InChI is InChI=1S/C18H18BrClN4O4/c1-11(18(26)22-16-9-12(24(27)28)7-8-14(16)20)23(2)10-17(25)21-15-6-4-3-5-13(15)19/h3-9,11H,10H2,1-2H3,(H,21,25)(H,22,26). The molecule has 0 heterocycles. The summed E-state index contributed by atoms with van der Waals surface area (Å²) in [5, 5.41) is 16.4. The number of non-ortho nitro benzene ring substituents is 1. The van der Waals surface area contributed by atoms with Crippen molar-refractivity contribution in [2.75, 3.05) is 24.2 Å². The zero-order valence-electron chi connectivity index (χ0n) is 15.1. The Labute approximate surface area is 175 Å². The van der Waals surface area contributed by atoms with Gasteiger partial charge in [0.2, 0.25) is 11.8 Å². The van der Waals surface area contributed by atoms with Crippen molar-refractivity contribution >= 4 is 56.4 Å². The summed E-state index contributed by atoms with van der Waals surface area (Å²) in [5.74, 6) is -0.735. The van der Waals surface area contributed by atoms with Crippen LogP contribution in [0.2, 0.25) is 5.02 Å². The molecule has 2 aromatic rings. The van der Waals surface area contributed by atoms with Gasteiger partial charge >= 0.3 is 0 Å². The normalized spacial score (nSPS) is 11.8. The fourth-order valence-electron chi connectivity index (χ4n) is 2.28. The number of nitrogens with zero attached hydrogens (tertiary/aromatic N) is 2. The van der Waals surface area contributed by atoms with Gasteiger partial charge in [0.1, 0.15) is 0 Å². The van der Waals surface area contributed by atoms with Crippen LogP contribution >= 0.6 is 27.5 Å². The number of nitro groups is 1. The zero-order chi connectivity index (χ0) is 20.8. The van der Waals surface area contributed by atoms with Crippen molar-refractivity contribution in [2.45, 2.75) is 13.0 Å². The van der Waals surface area contributed by atoms with Gasteiger partial charge in [-0.25, -0.2) is 0 Å². The number of halogens is 2. The summed E-state index contributed by atoms with van der Waals surface area (Å²) in [4.78, 5) is 36.5. The number of nitro benzene ring substituents is 1. The van der Waals surface area contributed by atoms with E-state index < -0.39 is 16.9 Å². The summed E-state index contributed by atoms with van der Waals surface area (Å²) < 4.78 is 0.747. The highest BCUT2D eigenvalue weighted by Gasteiger charge is 2.22. The highest BCUT2D eigenvalue weighted by atomic mass is 79.9.